The highest BCUT2D eigenvalue weighted by Gasteiger charge is 2.27. The fraction of sp³-hybridized carbons (Fsp3) is 0.308. The van der Waals surface area contributed by atoms with Crippen molar-refractivity contribution in [3.05, 3.63) is 59.0 Å². The van der Waals surface area contributed by atoms with E-state index in [1.165, 1.54) is 26.9 Å². The molecule has 0 aliphatic carbocycles. The number of hydrogen-bond donors (Lipinski definition) is 1. The average Bonchev–Trinajstić information content (AvgIpc) is 3.43. The zero-order valence-corrected chi connectivity index (χ0v) is 23.0. The lowest BCUT2D eigenvalue weighted by Gasteiger charge is -2.26. The van der Waals surface area contributed by atoms with Gasteiger partial charge in [0.2, 0.25) is 5.91 Å². The first-order chi connectivity index (χ1) is 16.6. The normalized spacial score (nSPS) is 13.3. The van der Waals surface area contributed by atoms with E-state index in [9.17, 15) is 4.79 Å². The van der Waals surface area contributed by atoms with E-state index in [0.29, 0.717) is 5.75 Å². The zero-order valence-electron chi connectivity index (χ0n) is 19.7. The van der Waals surface area contributed by atoms with Crippen molar-refractivity contribution in [3.63, 3.8) is 0 Å². The summed E-state index contributed by atoms with van der Waals surface area (Å²) in [7, 11) is 1.65. The highest BCUT2D eigenvalue weighted by molar-refractivity contribution is 8.00. The van der Waals surface area contributed by atoms with Crippen molar-refractivity contribution in [1.82, 2.24) is 9.88 Å². The van der Waals surface area contributed by atoms with Gasteiger partial charge in [0.15, 0.2) is 0 Å². The Morgan fingerprint density at radius 2 is 1.97 bits per heavy atom. The van der Waals surface area contributed by atoms with Crippen LogP contribution >= 0.6 is 46.8 Å². The van der Waals surface area contributed by atoms with Crippen molar-refractivity contribution in [2.45, 2.75) is 31.2 Å². The highest BCUT2D eigenvalue weighted by Crippen LogP contribution is 2.45. The number of methoxy groups -OCH3 is 1. The Labute approximate surface area is 224 Å². The Hall–Kier alpha value is -2.10. The molecule has 1 aliphatic rings. The van der Waals surface area contributed by atoms with Crippen LogP contribution in [0.15, 0.2) is 53.4 Å². The van der Waals surface area contributed by atoms with E-state index in [-0.39, 0.29) is 18.3 Å². The molecule has 1 aliphatic heterocycles. The molecule has 1 N–H and O–H groups in total. The second-order valence-corrected chi connectivity index (χ2v) is 11.4. The first-order valence-electron chi connectivity index (χ1n) is 11.4. The number of para-hydroxylation sites is 1. The van der Waals surface area contributed by atoms with E-state index < -0.39 is 0 Å². The minimum atomic E-state index is 0. The molecular weight excluding hydrogens is 518 g/mol. The molecule has 0 radical (unpaired) electrons. The van der Waals surface area contributed by atoms with E-state index in [4.69, 9.17) is 9.72 Å². The van der Waals surface area contributed by atoms with Crippen LogP contribution in [0.4, 0.5) is 5.00 Å². The van der Waals surface area contributed by atoms with Gasteiger partial charge in [0.1, 0.15) is 15.8 Å². The van der Waals surface area contributed by atoms with Crippen LogP contribution in [-0.4, -0.2) is 41.7 Å². The number of thiazole rings is 1. The first-order valence-corrected chi connectivity index (χ1v) is 14.1. The van der Waals surface area contributed by atoms with Gasteiger partial charge >= 0.3 is 0 Å². The Bertz CT molecular complexity index is 1270. The number of benzene rings is 2. The lowest BCUT2D eigenvalue weighted by molar-refractivity contribution is -0.113. The number of nitrogens with zero attached hydrogens (tertiary/aromatic N) is 2. The number of ether oxygens (including phenoxy) is 1. The van der Waals surface area contributed by atoms with Gasteiger partial charge < -0.3 is 10.1 Å². The number of fused-ring (bicyclic) bond motifs is 2. The van der Waals surface area contributed by atoms with Gasteiger partial charge in [0, 0.05) is 28.4 Å². The van der Waals surface area contributed by atoms with Gasteiger partial charge in [0.25, 0.3) is 0 Å². The maximum absolute atomic E-state index is 13.0. The maximum atomic E-state index is 13.0. The Balaban J connectivity index is 0.00000289. The van der Waals surface area contributed by atoms with Crippen LogP contribution in [0, 0.1) is 0 Å². The number of aromatic nitrogens is 1. The number of thioether (sulfide) groups is 1. The lowest BCUT2D eigenvalue weighted by atomic mass is 10.0. The molecule has 35 heavy (non-hydrogen) atoms. The number of halogens is 1. The van der Waals surface area contributed by atoms with Gasteiger partial charge in [0.05, 0.1) is 23.1 Å². The predicted molar refractivity (Wildman–Crippen MR) is 152 cm³/mol. The lowest BCUT2D eigenvalue weighted by Crippen LogP contribution is -2.30. The molecule has 1 amide bonds. The molecule has 4 aromatic rings. The standard InChI is InChI=1S/C26H27N3O2S3.ClH/c1-3-13-29-14-12-19-22(15-29)34-26(24(19)25-27-20-6-4-5-7-21(20)33-25)28-23(30)16-32-18-10-8-17(31-2)9-11-18;/h4-11H,3,12-16H2,1-2H3,(H,28,30);1H. The molecular formula is C26H28ClN3O2S3. The summed E-state index contributed by atoms with van der Waals surface area (Å²) < 4.78 is 6.39. The largest absolute Gasteiger partial charge is 0.497 e. The van der Waals surface area contributed by atoms with E-state index in [1.54, 1.807) is 29.8 Å². The SMILES string of the molecule is CCCN1CCc2c(sc(NC(=O)CSc3ccc(OC)cc3)c2-c2nc3ccccc3s2)C1.Cl. The number of rotatable bonds is 8. The van der Waals surface area contributed by atoms with Crippen molar-refractivity contribution in [3.8, 4) is 16.3 Å². The van der Waals surface area contributed by atoms with Crippen LogP contribution in [0.3, 0.4) is 0 Å². The minimum Gasteiger partial charge on any atom is -0.497 e. The summed E-state index contributed by atoms with van der Waals surface area (Å²) in [6, 6.07) is 16.0. The molecule has 2 aromatic heterocycles. The summed E-state index contributed by atoms with van der Waals surface area (Å²) in [6.07, 6.45) is 2.14. The van der Waals surface area contributed by atoms with E-state index in [1.807, 2.05) is 30.3 Å². The van der Waals surface area contributed by atoms with Gasteiger partial charge in [-0.2, -0.15) is 0 Å². The van der Waals surface area contributed by atoms with Crippen LogP contribution in [0.5, 0.6) is 5.75 Å². The number of nitrogens with one attached hydrogen (secondary N) is 1. The fourth-order valence-electron chi connectivity index (χ4n) is 4.24. The van der Waals surface area contributed by atoms with Crippen LogP contribution in [-0.2, 0) is 17.8 Å². The van der Waals surface area contributed by atoms with Gasteiger partial charge in [-0.05, 0) is 61.3 Å². The summed E-state index contributed by atoms with van der Waals surface area (Å²) in [4.78, 5) is 22.8. The second kappa shape index (κ2) is 11.8. The van der Waals surface area contributed by atoms with E-state index in [2.05, 4.69) is 35.3 Å². The monoisotopic (exact) mass is 545 g/mol. The number of thiophene rings is 1. The van der Waals surface area contributed by atoms with Crippen molar-refractivity contribution < 1.29 is 9.53 Å². The molecule has 9 heteroatoms. The average molecular weight is 546 g/mol. The van der Waals surface area contributed by atoms with E-state index >= 15 is 0 Å². The van der Waals surface area contributed by atoms with Crippen LogP contribution < -0.4 is 10.1 Å². The highest BCUT2D eigenvalue weighted by atomic mass is 35.5. The van der Waals surface area contributed by atoms with Crippen molar-refractivity contribution >= 4 is 68.0 Å². The Morgan fingerprint density at radius 3 is 2.71 bits per heavy atom. The van der Waals surface area contributed by atoms with Gasteiger partial charge in [-0.3, -0.25) is 9.69 Å². The minimum absolute atomic E-state index is 0. The number of hydrogen-bond acceptors (Lipinski definition) is 7. The van der Waals surface area contributed by atoms with Crippen molar-refractivity contribution in [1.29, 1.82) is 0 Å². The maximum Gasteiger partial charge on any atom is 0.235 e. The molecule has 0 unspecified atom stereocenters. The van der Waals surface area contributed by atoms with Crippen molar-refractivity contribution in [2.75, 3.05) is 31.3 Å². The summed E-state index contributed by atoms with van der Waals surface area (Å²) in [5.41, 5.74) is 3.49. The molecule has 0 saturated heterocycles. The fourth-order valence-corrected chi connectivity index (χ4v) is 7.36. The number of carbonyl (C=O) groups excluding carboxylic acids is 1. The number of anilines is 1. The van der Waals surface area contributed by atoms with Crippen LogP contribution in [0.2, 0.25) is 0 Å². The molecule has 0 bridgehead atoms. The molecule has 2 aromatic carbocycles. The molecule has 0 spiro atoms. The molecule has 5 nitrogen and oxygen atoms in total. The topological polar surface area (TPSA) is 54.5 Å². The van der Waals surface area contributed by atoms with Gasteiger partial charge in [-0.1, -0.05) is 19.1 Å². The summed E-state index contributed by atoms with van der Waals surface area (Å²) >= 11 is 4.96. The molecule has 5 rings (SSSR count). The van der Waals surface area contributed by atoms with E-state index in [0.717, 1.165) is 64.2 Å². The van der Waals surface area contributed by atoms with Crippen LogP contribution in [0.1, 0.15) is 23.8 Å². The molecule has 0 fully saturated rings. The van der Waals surface area contributed by atoms with Crippen molar-refractivity contribution in [2.24, 2.45) is 0 Å². The molecule has 0 atom stereocenters. The summed E-state index contributed by atoms with van der Waals surface area (Å²) in [5, 5.41) is 5.17. The Kier molecular flexibility index (Phi) is 8.73. The third-order valence-corrected chi connectivity index (χ3v) is 9.06. The first kappa shape index (κ1) is 26.0. The van der Waals surface area contributed by atoms with Crippen LogP contribution in [0.25, 0.3) is 20.8 Å². The second-order valence-electron chi connectivity index (χ2n) is 8.23. The predicted octanol–water partition coefficient (Wildman–Crippen LogP) is 6.95. The molecule has 184 valence electrons. The summed E-state index contributed by atoms with van der Waals surface area (Å²) in [5.74, 6) is 1.18. The van der Waals surface area contributed by atoms with Gasteiger partial charge in [-0.15, -0.1) is 46.8 Å². The zero-order chi connectivity index (χ0) is 23.5. The summed E-state index contributed by atoms with van der Waals surface area (Å²) in [6.45, 7) is 5.33. The third-order valence-electron chi connectivity index (χ3n) is 5.87. The molecule has 3 heterocycles. The molecule has 0 saturated carbocycles. The smallest absolute Gasteiger partial charge is 0.235 e. The third kappa shape index (κ3) is 5.84. The number of amides is 1. The van der Waals surface area contributed by atoms with Gasteiger partial charge in [-0.25, -0.2) is 4.98 Å². The quantitative estimate of drug-likeness (QED) is 0.243. The number of carbonyl (C=O) groups is 1. The Morgan fingerprint density at radius 1 is 1.17 bits per heavy atom.